The molecule has 0 atom stereocenters. The second kappa shape index (κ2) is 6.88. The molecule has 0 spiro atoms. The SMILES string of the molecule is Cn1c(/C(=C\c2ccc([N+](=O)[O-])cc2[N+](=O)[O-])C(N)=S)nc2cccnc21. The molecule has 0 saturated carbocycles. The molecular weight excluding hydrogens is 372 g/mol. The molecule has 0 aliphatic heterocycles. The molecule has 0 fully saturated rings. The summed E-state index contributed by atoms with van der Waals surface area (Å²) >= 11 is 5.10. The van der Waals surface area contributed by atoms with Crippen LogP contribution in [0, 0.1) is 20.2 Å². The van der Waals surface area contributed by atoms with Gasteiger partial charge in [0.1, 0.15) is 16.3 Å². The van der Waals surface area contributed by atoms with Crippen molar-refractivity contribution in [1.29, 1.82) is 0 Å². The molecule has 0 aliphatic rings. The van der Waals surface area contributed by atoms with E-state index in [0.717, 1.165) is 6.07 Å². The van der Waals surface area contributed by atoms with Crippen LogP contribution in [-0.2, 0) is 7.05 Å². The van der Waals surface area contributed by atoms with Crippen LogP contribution in [0.5, 0.6) is 0 Å². The van der Waals surface area contributed by atoms with E-state index >= 15 is 0 Å². The number of benzene rings is 1. The zero-order valence-corrected chi connectivity index (χ0v) is 14.7. The Morgan fingerprint density at radius 1 is 1.26 bits per heavy atom. The zero-order valence-electron chi connectivity index (χ0n) is 13.9. The number of rotatable bonds is 5. The van der Waals surface area contributed by atoms with E-state index in [2.05, 4.69) is 9.97 Å². The Morgan fingerprint density at radius 2 is 2.00 bits per heavy atom. The molecule has 0 saturated heterocycles. The first-order valence-corrected chi connectivity index (χ1v) is 7.92. The molecule has 0 amide bonds. The fourth-order valence-corrected chi connectivity index (χ4v) is 2.74. The van der Waals surface area contributed by atoms with Crippen LogP contribution in [0.1, 0.15) is 11.4 Å². The lowest BCUT2D eigenvalue weighted by Gasteiger charge is -2.07. The fourth-order valence-electron chi connectivity index (χ4n) is 2.59. The molecule has 0 aliphatic carbocycles. The number of hydrogen-bond donors (Lipinski definition) is 1. The van der Waals surface area contributed by atoms with Crippen LogP contribution in [0.4, 0.5) is 11.4 Å². The lowest BCUT2D eigenvalue weighted by atomic mass is 10.1. The summed E-state index contributed by atoms with van der Waals surface area (Å²) in [6.07, 6.45) is 3.00. The number of aryl methyl sites for hydroxylation is 1. The average molecular weight is 384 g/mol. The minimum atomic E-state index is -0.702. The van der Waals surface area contributed by atoms with Crippen molar-refractivity contribution in [3.8, 4) is 0 Å². The van der Waals surface area contributed by atoms with Crippen LogP contribution in [0.25, 0.3) is 22.8 Å². The van der Waals surface area contributed by atoms with E-state index in [1.807, 2.05) is 0 Å². The first-order valence-electron chi connectivity index (χ1n) is 7.51. The molecule has 27 heavy (non-hydrogen) atoms. The minimum absolute atomic E-state index is 0.0268. The smallest absolute Gasteiger partial charge is 0.283 e. The van der Waals surface area contributed by atoms with Crippen molar-refractivity contribution < 1.29 is 9.85 Å². The molecule has 2 N–H and O–H groups in total. The maximum absolute atomic E-state index is 11.4. The summed E-state index contributed by atoms with van der Waals surface area (Å²) < 4.78 is 1.66. The normalized spacial score (nSPS) is 11.5. The van der Waals surface area contributed by atoms with Crippen molar-refractivity contribution in [2.45, 2.75) is 0 Å². The Balaban J connectivity index is 2.22. The highest BCUT2D eigenvalue weighted by Crippen LogP contribution is 2.29. The predicted octanol–water partition coefficient (Wildman–Crippen LogP) is 2.61. The van der Waals surface area contributed by atoms with E-state index in [0.29, 0.717) is 17.0 Å². The lowest BCUT2D eigenvalue weighted by molar-refractivity contribution is -0.394. The number of aromatic nitrogens is 3. The highest BCUT2D eigenvalue weighted by atomic mass is 32.1. The van der Waals surface area contributed by atoms with Crippen molar-refractivity contribution in [1.82, 2.24) is 14.5 Å². The number of hydrogen-bond acceptors (Lipinski definition) is 7. The number of non-ortho nitro benzene ring substituents is 1. The van der Waals surface area contributed by atoms with Crippen LogP contribution >= 0.6 is 12.2 Å². The molecule has 0 bridgehead atoms. The topological polar surface area (TPSA) is 143 Å². The summed E-state index contributed by atoms with van der Waals surface area (Å²) in [5.74, 6) is 0.379. The lowest BCUT2D eigenvalue weighted by Crippen LogP contribution is -2.13. The summed E-state index contributed by atoms with van der Waals surface area (Å²) in [4.78, 5) is 29.5. The van der Waals surface area contributed by atoms with Crippen LogP contribution in [0.2, 0.25) is 0 Å². The molecule has 0 radical (unpaired) electrons. The number of fused-ring (bicyclic) bond motifs is 1. The van der Waals surface area contributed by atoms with Gasteiger partial charge in [0.15, 0.2) is 5.65 Å². The third kappa shape index (κ3) is 3.35. The van der Waals surface area contributed by atoms with Crippen molar-refractivity contribution in [2.24, 2.45) is 12.8 Å². The molecular formula is C16H12N6O4S. The van der Waals surface area contributed by atoms with E-state index in [9.17, 15) is 20.2 Å². The molecule has 10 nitrogen and oxygen atoms in total. The summed E-state index contributed by atoms with van der Waals surface area (Å²) in [5.41, 5.74) is 6.60. The second-order valence-electron chi connectivity index (χ2n) is 5.52. The van der Waals surface area contributed by atoms with Crippen molar-refractivity contribution >= 4 is 51.4 Å². The van der Waals surface area contributed by atoms with Gasteiger partial charge in [-0.05, 0) is 24.3 Å². The Kier molecular flexibility index (Phi) is 4.60. The van der Waals surface area contributed by atoms with Gasteiger partial charge in [0.05, 0.1) is 27.0 Å². The monoisotopic (exact) mass is 384 g/mol. The summed E-state index contributed by atoms with van der Waals surface area (Å²) in [6.45, 7) is 0. The van der Waals surface area contributed by atoms with Crippen LogP contribution in [0.3, 0.4) is 0 Å². The van der Waals surface area contributed by atoms with E-state index in [4.69, 9.17) is 18.0 Å². The first-order chi connectivity index (χ1) is 12.8. The van der Waals surface area contributed by atoms with Crippen molar-refractivity contribution in [2.75, 3.05) is 0 Å². The van der Waals surface area contributed by atoms with Gasteiger partial charge in [-0.25, -0.2) is 9.97 Å². The number of nitrogens with two attached hydrogens (primary N) is 1. The number of nitro groups is 2. The number of imidazole rings is 1. The summed E-state index contributed by atoms with van der Waals surface area (Å²) in [6, 6.07) is 6.82. The number of pyridine rings is 1. The predicted molar refractivity (Wildman–Crippen MR) is 103 cm³/mol. The molecule has 2 heterocycles. The van der Waals surface area contributed by atoms with Crippen molar-refractivity contribution in [3.63, 3.8) is 0 Å². The number of nitrogens with zero attached hydrogens (tertiary/aromatic N) is 5. The largest absolute Gasteiger partial charge is 0.389 e. The molecule has 0 unspecified atom stereocenters. The Morgan fingerprint density at radius 3 is 2.59 bits per heavy atom. The van der Waals surface area contributed by atoms with Gasteiger partial charge < -0.3 is 10.3 Å². The summed E-state index contributed by atoms with van der Waals surface area (Å²) in [5, 5.41) is 22.2. The number of thiocarbonyl (C=S) groups is 1. The first kappa shape index (κ1) is 18.1. The van der Waals surface area contributed by atoms with Crippen LogP contribution < -0.4 is 5.73 Å². The molecule has 136 valence electrons. The van der Waals surface area contributed by atoms with Gasteiger partial charge in [0, 0.05) is 19.3 Å². The molecule has 3 aromatic rings. The third-order valence-corrected chi connectivity index (χ3v) is 4.08. The Labute approximate surface area is 157 Å². The van der Waals surface area contributed by atoms with Gasteiger partial charge in [0.25, 0.3) is 11.4 Å². The highest BCUT2D eigenvalue weighted by Gasteiger charge is 2.21. The molecule has 1 aromatic carbocycles. The van der Waals surface area contributed by atoms with E-state index < -0.39 is 15.5 Å². The van der Waals surface area contributed by atoms with Crippen LogP contribution in [-0.4, -0.2) is 29.4 Å². The quantitative estimate of drug-likeness (QED) is 0.306. The Hall–Kier alpha value is -3.73. The van der Waals surface area contributed by atoms with Gasteiger partial charge in [-0.3, -0.25) is 20.2 Å². The van der Waals surface area contributed by atoms with E-state index in [1.165, 1.54) is 18.2 Å². The van der Waals surface area contributed by atoms with Gasteiger partial charge >= 0.3 is 0 Å². The zero-order chi connectivity index (χ0) is 19.7. The average Bonchev–Trinajstić information content (AvgIpc) is 2.96. The van der Waals surface area contributed by atoms with Crippen LogP contribution in [0.15, 0.2) is 36.5 Å². The van der Waals surface area contributed by atoms with E-state index in [1.54, 1.807) is 29.9 Å². The Bertz CT molecular complexity index is 1140. The standard InChI is InChI=1S/C16H12N6O4S/c1-20-15(19-12-3-2-6-18-16(12)20)11(14(17)27)7-9-4-5-10(21(23)24)8-13(9)22(25)26/h2-8H,1H3,(H2,17,27)/b11-7-. The van der Waals surface area contributed by atoms with Crippen molar-refractivity contribution in [3.05, 3.63) is 68.1 Å². The molecule has 11 heteroatoms. The number of nitro benzene ring substituents is 2. The maximum Gasteiger partial charge on any atom is 0.283 e. The summed E-state index contributed by atoms with van der Waals surface area (Å²) in [7, 11) is 1.72. The molecule has 3 rings (SSSR count). The second-order valence-corrected chi connectivity index (χ2v) is 5.96. The molecule has 2 aromatic heterocycles. The van der Waals surface area contributed by atoms with Gasteiger partial charge in [-0.15, -0.1) is 0 Å². The minimum Gasteiger partial charge on any atom is -0.389 e. The fraction of sp³-hybridized carbons (Fsp3) is 0.0625. The van der Waals surface area contributed by atoms with E-state index in [-0.39, 0.29) is 21.8 Å². The third-order valence-electron chi connectivity index (χ3n) is 3.86. The maximum atomic E-state index is 11.4. The van der Waals surface area contributed by atoms with Gasteiger partial charge in [-0.1, -0.05) is 12.2 Å². The van der Waals surface area contributed by atoms with Gasteiger partial charge in [0.2, 0.25) is 0 Å². The highest BCUT2D eigenvalue weighted by molar-refractivity contribution is 7.81. The van der Waals surface area contributed by atoms with Gasteiger partial charge in [-0.2, -0.15) is 0 Å².